The number of carbonyl (C=O) groups is 2. The molecular formula is C29H22ClF3N4O2S. The van der Waals surface area contributed by atoms with Crippen molar-refractivity contribution in [1.29, 1.82) is 5.26 Å². The SMILES string of the molecule is CC1=C(C(=O)Nc2ccccc2)[C@@H](c2ccccc2)C(C#N)=C(SCC(=O)Nc2cc(C(F)(F)F)ccc2Cl)N1. The van der Waals surface area contributed by atoms with Crippen molar-refractivity contribution in [1.82, 2.24) is 5.32 Å². The maximum atomic E-state index is 13.4. The van der Waals surface area contributed by atoms with Crippen LogP contribution < -0.4 is 16.0 Å². The molecule has 0 unspecified atom stereocenters. The molecule has 6 nitrogen and oxygen atoms in total. The number of nitrogens with zero attached hydrogens (tertiary/aromatic N) is 1. The number of para-hydroxylation sites is 1. The van der Waals surface area contributed by atoms with Crippen LogP contribution in [-0.4, -0.2) is 17.6 Å². The summed E-state index contributed by atoms with van der Waals surface area (Å²) in [6, 6.07) is 22.8. The van der Waals surface area contributed by atoms with Gasteiger partial charge in [0.1, 0.15) is 0 Å². The molecule has 2 amide bonds. The van der Waals surface area contributed by atoms with E-state index in [2.05, 4.69) is 22.0 Å². The zero-order chi connectivity index (χ0) is 28.9. The van der Waals surface area contributed by atoms with Crippen LogP contribution >= 0.6 is 23.4 Å². The Labute approximate surface area is 237 Å². The Balaban J connectivity index is 1.59. The van der Waals surface area contributed by atoms with E-state index < -0.39 is 29.5 Å². The third-order valence-corrected chi connectivity index (χ3v) is 7.32. The van der Waals surface area contributed by atoms with Crippen LogP contribution in [-0.2, 0) is 15.8 Å². The first kappa shape index (κ1) is 28.8. The highest BCUT2D eigenvalue weighted by Gasteiger charge is 2.35. The van der Waals surface area contributed by atoms with Gasteiger partial charge in [-0.3, -0.25) is 9.59 Å². The number of allylic oxidation sites excluding steroid dienone is 2. The number of halogens is 4. The molecule has 1 atom stereocenters. The fourth-order valence-corrected chi connectivity index (χ4v) is 5.20. The third kappa shape index (κ3) is 6.68. The van der Waals surface area contributed by atoms with Crippen LogP contribution in [0.4, 0.5) is 24.5 Å². The maximum absolute atomic E-state index is 13.4. The predicted octanol–water partition coefficient (Wildman–Crippen LogP) is 7.07. The van der Waals surface area contributed by atoms with Gasteiger partial charge in [0.2, 0.25) is 5.91 Å². The van der Waals surface area contributed by atoms with Gasteiger partial charge >= 0.3 is 6.18 Å². The second-order valence-electron chi connectivity index (χ2n) is 8.71. The predicted molar refractivity (Wildman–Crippen MR) is 150 cm³/mol. The van der Waals surface area contributed by atoms with Crippen molar-refractivity contribution >= 4 is 46.6 Å². The van der Waals surface area contributed by atoms with Gasteiger partial charge in [0.05, 0.1) is 44.6 Å². The first-order chi connectivity index (χ1) is 19.1. The third-order valence-electron chi connectivity index (χ3n) is 5.97. The highest BCUT2D eigenvalue weighted by Crippen LogP contribution is 2.41. The highest BCUT2D eigenvalue weighted by atomic mass is 35.5. The topological polar surface area (TPSA) is 94.0 Å². The minimum Gasteiger partial charge on any atom is -0.353 e. The Morgan fingerprint density at radius 3 is 2.30 bits per heavy atom. The molecule has 4 rings (SSSR count). The lowest BCUT2D eigenvalue weighted by Crippen LogP contribution is -2.31. The number of rotatable bonds is 7. The summed E-state index contributed by atoms with van der Waals surface area (Å²) < 4.78 is 39.3. The molecule has 1 heterocycles. The van der Waals surface area contributed by atoms with Crippen molar-refractivity contribution in [3.63, 3.8) is 0 Å². The number of nitriles is 1. The van der Waals surface area contributed by atoms with Crippen molar-refractivity contribution in [3.8, 4) is 6.07 Å². The number of thioether (sulfide) groups is 1. The first-order valence-corrected chi connectivity index (χ1v) is 13.3. The average molecular weight is 583 g/mol. The summed E-state index contributed by atoms with van der Waals surface area (Å²) in [6.45, 7) is 1.70. The van der Waals surface area contributed by atoms with Crippen LogP contribution in [0.1, 0.15) is 24.0 Å². The van der Waals surface area contributed by atoms with Crippen LogP contribution in [0.5, 0.6) is 0 Å². The monoisotopic (exact) mass is 582 g/mol. The summed E-state index contributed by atoms with van der Waals surface area (Å²) in [5.74, 6) is -1.97. The van der Waals surface area contributed by atoms with Crippen LogP contribution in [0.2, 0.25) is 5.02 Å². The Hall–Kier alpha value is -4.20. The minimum atomic E-state index is -4.60. The number of carbonyl (C=O) groups excluding carboxylic acids is 2. The van der Waals surface area contributed by atoms with Gasteiger partial charge in [0.15, 0.2) is 0 Å². The number of nitrogens with one attached hydrogen (secondary N) is 3. The molecule has 0 fully saturated rings. The second kappa shape index (κ2) is 12.3. The number of alkyl halides is 3. The molecule has 40 heavy (non-hydrogen) atoms. The number of anilines is 2. The summed E-state index contributed by atoms with van der Waals surface area (Å²) in [4.78, 5) is 26.1. The van der Waals surface area contributed by atoms with Crippen molar-refractivity contribution < 1.29 is 22.8 Å². The lowest BCUT2D eigenvalue weighted by molar-refractivity contribution is -0.137. The Bertz CT molecular complexity index is 1530. The number of amides is 2. The largest absolute Gasteiger partial charge is 0.416 e. The summed E-state index contributed by atoms with van der Waals surface area (Å²) in [5, 5.41) is 18.8. The van der Waals surface area contributed by atoms with Crippen LogP contribution in [0.25, 0.3) is 0 Å². The molecular weight excluding hydrogens is 561 g/mol. The van der Waals surface area contributed by atoms with Gasteiger partial charge in [-0.1, -0.05) is 71.9 Å². The van der Waals surface area contributed by atoms with E-state index in [0.717, 1.165) is 30.0 Å². The minimum absolute atomic E-state index is 0.0453. The molecule has 1 aliphatic heterocycles. The van der Waals surface area contributed by atoms with Gasteiger partial charge in [-0.25, -0.2) is 0 Å². The summed E-state index contributed by atoms with van der Waals surface area (Å²) >= 11 is 6.99. The molecule has 3 N–H and O–H groups in total. The molecule has 0 spiro atoms. The molecule has 0 bridgehead atoms. The lowest BCUT2D eigenvalue weighted by atomic mass is 9.82. The lowest BCUT2D eigenvalue weighted by Gasteiger charge is -2.30. The summed E-state index contributed by atoms with van der Waals surface area (Å²) in [6.07, 6.45) is -4.60. The van der Waals surface area contributed by atoms with E-state index in [0.29, 0.717) is 27.6 Å². The molecule has 204 valence electrons. The molecule has 0 aliphatic carbocycles. The zero-order valence-electron chi connectivity index (χ0n) is 21.0. The fourth-order valence-electron chi connectivity index (χ4n) is 4.15. The van der Waals surface area contributed by atoms with Gasteiger partial charge in [-0.2, -0.15) is 18.4 Å². The summed E-state index contributed by atoms with van der Waals surface area (Å²) in [7, 11) is 0. The van der Waals surface area contributed by atoms with Crippen molar-refractivity contribution in [2.24, 2.45) is 0 Å². The number of hydrogen-bond donors (Lipinski definition) is 3. The molecule has 0 saturated heterocycles. The van der Waals surface area contributed by atoms with Gasteiger partial charge < -0.3 is 16.0 Å². The molecule has 0 radical (unpaired) electrons. The molecule has 3 aromatic carbocycles. The Morgan fingerprint density at radius 2 is 1.68 bits per heavy atom. The second-order valence-corrected chi connectivity index (χ2v) is 10.1. The van der Waals surface area contributed by atoms with Crippen LogP contribution in [0.15, 0.2) is 101 Å². The van der Waals surface area contributed by atoms with Crippen LogP contribution in [0, 0.1) is 11.3 Å². The normalized spacial score (nSPS) is 15.2. The van der Waals surface area contributed by atoms with E-state index in [4.69, 9.17) is 11.6 Å². The van der Waals surface area contributed by atoms with Gasteiger partial charge in [-0.05, 0) is 42.8 Å². The Morgan fingerprint density at radius 1 is 1.02 bits per heavy atom. The highest BCUT2D eigenvalue weighted by molar-refractivity contribution is 8.03. The molecule has 0 saturated carbocycles. The van der Waals surface area contributed by atoms with E-state index in [1.54, 1.807) is 55.5 Å². The zero-order valence-corrected chi connectivity index (χ0v) is 22.5. The van der Waals surface area contributed by atoms with E-state index >= 15 is 0 Å². The quantitative estimate of drug-likeness (QED) is 0.277. The van der Waals surface area contributed by atoms with Crippen LogP contribution in [0.3, 0.4) is 0 Å². The van der Waals surface area contributed by atoms with Gasteiger partial charge in [-0.15, -0.1) is 0 Å². The van der Waals surface area contributed by atoms with E-state index in [1.165, 1.54) is 0 Å². The Kier molecular flexibility index (Phi) is 8.87. The van der Waals surface area contributed by atoms with Crippen molar-refractivity contribution in [3.05, 3.63) is 117 Å². The standard InChI is InChI=1S/C29H22ClF3N4O2S/c1-17-25(27(39)36-20-10-6-3-7-11-20)26(18-8-4-2-5-9-18)21(15-34)28(35-17)40-16-24(38)37-23-14-19(29(31,32)33)12-13-22(23)30/h2-14,26,35H,16H2,1H3,(H,36,39)(H,37,38)/t26-/m0/s1. The average Bonchev–Trinajstić information content (AvgIpc) is 2.93. The van der Waals surface area contributed by atoms with E-state index in [1.807, 2.05) is 12.1 Å². The smallest absolute Gasteiger partial charge is 0.353 e. The fraction of sp³-hybridized carbons (Fsp3) is 0.138. The van der Waals surface area contributed by atoms with Gasteiger partial charge in [0, 0.05) is 17.0 Å². The first-order valence-electron chi connectivity index (χ1n) is 11.9. The summed E-state index contributed by atoms with van der Waals surface area (Å²) in [5.41, 5.74) is 1.23. The molecule has 0 aromatic heterocycles. The molecule has 11 heteroatoms. The number of benzene rings is 3. The molecule has 3 aromatic rings. The maximum Gasteiger partial charge on any atom is 0.416 e. The number of hydrogen-bond acceptors (Lipinski definition) is 5. The number of dihydropyridines is 1. The van der Waals surface area contributed by atoms with E-state index in [-0.39, 0.29) is 22.0 Å². The van der Waals surface area contributed by atoms with Crippen molar-refractivity contribution in [2.45, 2.75) is 19.0 Å². The van der Waals surface area contributed by atoms with Crippen molar-refractivity contribution in [2.75, 3.05) is 16.4 Å². The van der Waals surface area contributed by atoms with Gasteiger partial charge in [0.25, 0.3) is 5.91 Å². The molecule has 1 aliphatic rings. The van der Waals surface area contributed by atoms with E-state index in [9.17, 15) is 28.0 Å².